The zero-order valence-electron chi connectivity index (χ0n) is 9.54. The van der Waals surface area contributed by atoms with Crippen molar-refractivity contribution in [2.45, 2.75) is 29.9 Å². The molecule has 0 radical (unpaired) electrons. The molecule has 90 valence electrons. The summed E-state index contributed by atoms with van der Waals surface area (Å²) in [6.45, 7) is 2.19. The van der Waals surface area contributed by atoms with Gasteiger partial charge < -0.3 is 5.11 Å². The van der Waals surface area contributed by atoms with Gasteiger partial charge in [0.05, 0.1) is 11.9 Å². The lowest BCUT2D eigenvalue weighted by Gasteiger charge is -2.33. The Balaban J connectivity index is 2.13. The van der Waals surface area contributed by atoms with Crippen molar-refractivity contribution in [3.63, 3.8) is 0 Å². The van der Waals surface area contributed by atoms with E-state index in [1.807, 2.05) is 30.6 Å². The minimum atomic E-state index is -0.456. The highest BCUT2D eigenvalue weighted by molar-refractivity contribution is 8.07. The number of aliphatic hydroxyl groups is 1. The predicted octanol–water partition coefficient (Wildman–Crippen LogP) is 1.48. The van der Waals surface area contributed by atoms with Crippen LogP contribution in [0.25, 0.3) is 0 Å². The van der Waals surface area contributed by atoms with Gasteiger partial charge in [-0.15, -0.1) is 5.10 Å². The highest BCUT2D eigenvalue weighted by atomic mass is 32.2. The standard InChI is InChI=1S/C10H17N3OS2/c1-3-8-10(16-5-4-15-8)9(14)7-6-11-12-13(7)2/h6,8-10,14H,3-5H2,1-2H3. The number of hydrogen-bond donors (Lipinski definition) is 1. The van der Waals surface area contributed by atoms with E-state index < -0.39 is 6.10 Å². The number of aromatic nitrogens is 3. The first-order chi connectivity index (χ1) is 7.74. The third-order valence-corrected chi connectivity index (χ3v) is 6.19. The van der Waals surface area contributed by atoms with Gasteiger partial charge in [-0.1, -0.05) is 12.1 Å². The molecule has 1 fully saturated rings. The molecular formula is C10H17N3OS2. The summed E-state index contributed by atoms with van der Waals surface area (Å²) in [6.07, 6.45) is 2.31. The number of thioether (sulfide) groups is 2. The van der Waals surface area contributed by atoms with Crippen molar-refractivity contribution < 1.29 is 5.11 Å². The molecule has 1 aromatic rings. The molecule has 1 saturated heterocycles. The van der Waals surface area contributed by atoms with Gasteiger partial charge in [-0.05, 0) is 6.42 Å². The van der Waals surface area contributed by atoms with E-state index in [1.165, 1.54) is 5.75 Å². The van der Waals surface area contributed by atoms with E-state index in [0.29, 0.717) is 5.25 Å². The molecule has 3 atom stereocenters. The van der Waals surface area contributed by atoms with Crippen molar-refractivity contribution in [1.29, 1.82) is 0 Å². The van der Waals surface area contributed by atoms with Crippen LogP contribution in [0.3, 0.4) is 0 Å². The Bertz CT molecular complexity index is 345. The van der Waals surface area contributed by atoms with Crippen LogP contribution in [0.5, 0.6) is 0 Å². The second-order valence-electron chi connectivity index (χ2n) is 3.88. The lowest BCUT2D eigenvalue weighted by molar-refractivity contribution is 0.162. The number of rotatable bonds is 3. The Morgan fingerprint density at radius 2 is 2.31 bits per heavy atom. The van der Waals surface area contributed by atoms with Crippen molar-refractivity contribution >= 4 is 23.5 Å². The van der Waals surface area contributed by atoms with Gasteiger partial charge in [0.1, 0.15) is 6.10 Å². The van der Waals surface area contributed by atoms with Crippen LogP contribution in [0.2, 0.25) is 0 Å². The van der Waals surface area contributed by atoms with Crippen LogP contribution in [-0.2, 0) is 7.05 Å². The van der Waals surface area contributed by atoms with Crippen LogP contribution in [0.15, 0.2) is 6.20 Å². The molecule has 4 nitrogen and oxygen atoms in total. The summed E-state index contributed by atoms with van der Waals surface area (Å²) >= 11 is 3.84. The monoisotopic (exact) mass is 259 g/mol. The molecule has 2 heterocycles. The summed E-state index contributed by atoms with van der Waals surface area (Å²) in [5.74, 6) is 2.31. The summed E-state index contributed by atoms with van der Waals surface area (Å²) in [7, 11) is 1.83. The molecule has 0 aliphatic carbocycles. The second-order valence-corrected chi connectivity index (χ2v) is 6.51. The molecule has 1 aliphatic rings. The van der Waals surface area contributed by atoms with Gasteiger partial charge in [-0.3, -0.25) is 0 Å². The third-order valence-electron chi connectivity index (χ3n) is 2.86. The summed E-state index contributed by atoms with van der Waals surface area (Å²) in [6, 6.07) is 0. The first-order valence-electron chi connectivity index (χ1n) is 5.50. The minimum Gasteiger partial charge on any atom is -0.386 e. The zero-order valence-corrected chi connectivity index (χ0v) is 11.2. The first kappa shape index (κ1) is 12.3. The van der Waals surface area contributed by atoms with Crippen LogP contribution < -0.4 is 0 Å². The van der Waals surface area contributed by atoms with Gasteiger partial charge in [0.25, 0.3) is 0 Å². The molecule has 0 aromatic carbocycles. The zero-order chi connectivity index (χ0) is 11.5. The number of aryl methyl sites for hydroxylation is 1. The largest absolute Gasteiger partial charge is 0.386 e. The molecule has 16 heavy (non-hydrogen) atoms. The maximum Gasteiger partial charge on any atom is 0.110 e. The van der Waals surface area contributed by atoms with E-state index in [1.54, 1.807) is 10.9 Å². The lowest BCUT2D eigenvalue weighted by atomic mass is 10.1. The Labute approximate surface area is 104 Å². The van der Waals surface area contributed by atoms with E-state index in [9.17, 15) is 5.11 Å². The SMILES string of the molecule is CCC1SCCSC1C(O)c1cnnn1C. The summed E-state index contributed by atoms with van der Waals surface area (Å²) in [4.78, 5) is 0. The molecule has 2 rings (SSSR count). The lowest BCUT2D eigenvalue weighted by Crippen LogP contribution is -2.32. The predicted molar refractivity (Wildman–Crippen MR) is 68.7 cm³/mol. The van der Waals surface area contributed by atoms with Gasteiger partial charge in [-0.25, -0.2) is 4.68 Å². The van der Waals surface area contributed by atoms with Crippen molar-refractivity contribution in [1.82, 2.24) is 15.0 Å². The van der Waals surface area contributed by atoms with Crippen LogP contribution in [0.4, 0.5) is 0 Å². The van der Waals surface area contributed by atoms with Crippen molar-refractivity contribution in [3.05, 3.63) is 11.9 Å². The topological polar surface area (TPSA) is 50.9 Å². The van der Waals surface area contributed by atoms with Crippen LogP contribution in [0.1, 0.15) is 25.1 Å². The number of nitrogens with zero attached hydrogens (tertiary/aromatic N) is 3. The Hall–Kier alpha value is -0.200. The number of aliphatic hydroxyl groups excluding tert-OH is 1. The summed E-state index contributed by atoms with van der Waals surface area (Å²) in [5, 5.41) is 18.9. The normalized spacial score (nSPS) is 27.9. The molecule has 0 saturated carbocycles. The van der Waals surface area contributed by atoms with Crippen molar-refractivity contribution in [2.75, 3.05) is 11.5 Å². The molecule has 0 spiro atoms. The summed E-state index contributed by atoms with van der Waals surface area (Å²) in [5.41, 5.74) is 0.818. The van der Waals surface area contributed by atoms with Crippen LogP contribution >= 0.6 is 23.5 Å². The van der Waals surface area contributed by atoms with E-state index in [4.69, 9.17) is 0 Å². The Morgan fingerprint density at radius 3 is 2.94 bits per heavy atom. The van der Waals surface area contributed by atoms with Crippen molar-refractivity contribution in [3.8, 4) is 0 Å². The van der Waals surface area contributed by atoms with Gasteiger partial charge in [0.2, 0.25) is 0 Å². The van der Waals surface area contributed by atoms with E-state index >= 15 is 0 Å². The fourth-order valence-electron chi connectivity index (χ4n) is 1.96. The smallest absolute Gasteiger partial charge is 0.110 e. The first-order valence-corrected chi connectivity index (χ1v) is 7.59. The molecule has 0 bridgehead atoms. The Morgan fingerprint density at radius 1 is 1.56 bits per heavy atom. The third kappa shape index (κ3) is 2.38. The van der Waals surface area contributed by atoms with E-state index in [-0.39, 0.29) is 5.25 Å². The number of hydrogen-bond acceptors (Lipinski definition) is 5. The van der Waals surface area contributed by atoms with Crippen LogP contribution in [-0.4, -0.2) is 42.1 Å². The summed E-state index contributed by atoms with van der Waals surface area (Å²) < 4.78 is 1.66. The van der Waals surface area contributed by atoms with Crippen molar-refractivity contribution in [2.24, 2.45) is 7.05 Å². The highest BCUT2D eigenvalue weighted by Gasteiger charge is 2.33. The average molecular weight is 259 g/mol. The molecule has 6 heteroatoms. The van der Waals surface area contributed by atoms with Gasteiger partial charge >= 0.3 is 0 Å². The minimum absolute atomic E-state index is 0.265. The second kappa shape index (κ2) is 5.42. The van der Waals surface area contributed by atoms with E-state index in [0.717, 1.165) is 17.9 Å². The molecule has 3 unspecified atom stereocenters. The van der Waals surface area contributed by atoms with Crippen LogP contribution in [0, 0.1) is 0 Å². The fourth-order valence-corrected chi connectivity index (χ4v) is 5.08. The average Bonchev–Trinajstić information content (AvgIpc) is 2.74. The van der Waals surface area contributed by atoms with Gasteiger partial charge in [-0.2, -0.15) is 23.5 Å². The molecule has 1 N–H and O–H groups in total. The highest BCUT2D eigenvalue weighted by Crippen LogP contribution is 2.39. The maximum atomic E-state index is 10.4. The van der Waals surface area contributed by atoms with Gasteiger partial charge in [0.15, 0.2) is 0 Å². The Kier molecular flexibility index (Phi) is 4.16. The maximum absolute atomic E-state index is 10.4. The molecule has 1 aromatic heterocycles. The van der Waals surface area contributed by atoms with Gasteiger partial charge in [0, 0.05) is 29.1 Å². The molecule has 1 aliphatic heterocycles. The molecular weight excluding hydrogens is 242 g/mol. The quantitative estimate of drug-likeness (QED) is 0.891. The van der Waals surface area contributed by atoms with E-state index in [2.05, 4.69) is 17.2 Å². The molecule has 0 amide bonds. The fraction of sp³-hybridized carbons (Fsp3) is 0.800.